The first-order valence-electron chi connectivity index (χ1n) is 7.70. The summed E-state index contributed by atoms with van der Waals surface area (Å²) in [7, 11) is 1.41. The highest BCUT2D eigenvalue weighted by molar-refractivity contribution is 5.70. The van der Waals surface area contributed by atoms with Crippen LogP contribution < -0.4 is 10.6 Å². The van der Waals surface area contributed by atoms with Crippen molar-refractivity contribution < 1.29 is 9.53 Å². The second-order valence-corrected chi connectivity index (χ2v) is 5.06. The number of carbonyl (C=O) groups is 1. The van der Waals surface area contributed by atoms with E-state index in [1.54, 1.807) is 0 Å². The summed E-state index contributed by atoms with van der Waals surface area (Å²) in [5.41, 5.74) is 1.09. The van der Waals surface area contributed by atoms with Crippen LogP contribution in [0, 0.1) is 11.3 Å². The zero-order valence-corrected chi connectivity index (χ0v) is 13.2. The van der Waals surface area contributed by atoms with E-state index in [1.807, 2.05) is 30.3 Å². The van der Waals surface area contributed by atoms with E-state index in [2.05, 4.69) is 16.7 Å². The minimum Gasteiger partial charge on any atom is -0.469 e. The molecule has 120 valence electrons. The zero-order valence-electron chi connectivity index (χ0n) is 13.2. The number of nitrogens with zero attached hydrogens (tertiary/aromatic N) is 1. The molecule has 2 N–H and O–H groups in total. The Balaban J connectivity index is 2.30. The largest absolute Gasteiger partial charge is 0.469 e. The van der Waals surface area contributed by atoms with Gasteiger partial charge in [-0.05, 0) is 38.0 Å². The first-order chi connectivity index (χ1) is 10.8. The van der Waals surface area contributed by atoms with E-state index in [1.165, 1.54) is 7.11 Å². The molecule has 1 rings (SSSR count). The van der Waals surface area contributed by atoms with Crippen LogP contribution in [-0.4, -0.2) is 32.7 Å². The fraction of sp³-hybridized carbons (Fsp3) is 0.529. The number of methoxy groups -OCH3 is 1. The monoisotopic (exact) mass is 303 g/mol. The van der Waals surface area contributed by atoms with Crippen molar-refractivity contribution in [1.29, 1.82) is 5.26 Å². The third kappa shape index (κ3) is 7.77. The standard InChI is InChI=1S/C17H25N3O2/c1-22-17(21)14-16(15-8-3-2-4-9-15)20-13-7-12-19-11-6-5-10-18/h2-4,8-9,16,19-20H,5-7,11-14H2,1H3/t16-/m0/s1. The Kier molecular flexibility index (Phi) is 9.67. The van der Waals surface area contributed by atoms with Crippen molar-refractivity contribution >= 4 is 5.97 Å². The summed E-state index contributed by atoms with van der Waals surface area (Å²) in [4.78, 5) is 11.5. The molecule has 5 nitrogen and oxygen atoms in total. The Bertz CT molecular complexity index is 457. The number of nitriles is 1. The molecule has 0 saturated carbocycles. The lowest BCUT2D eigenvalue weighted by Crippen LogP contribution is -2.28. The van der Waals surface area contributed by atoms with Crippen LogP contribution in [0.4, 0.5) is 0 Å². The molecule has 0 amide bonds. The second-order valence-electron chi connectivity index (χ2n) is 5.06. The van der Waals surface area contributed by atoms with Crippen LogP contribution in [0.15, 0.2) is 30.3 Å². The predicted octanol–water partition coefficient (Wildman–Crippen LogP) is 2.16. The smallest absolute Gasteiger partial charge is 0.307 e. The minimum absolute atomic E-state index is 0.0211. The molecule has 5 heteroatoms. The molecule has 0 fully saturated rings. The number of nitrogens with one attached hydrogen (secondary N) is 2. The molecule has 0 radical (unpaired) electrons. The van der Waals surface area contributed by atoms with Gasteiger partial charge in [-0.1, -0.05) is 30.3 Å². The lowest BCUT2D eigenvalue weighted by Gasteiger charge is -2.18. The Hall–Kier alpha value is -1.90. The fourth-order valence-electron chi connectivity index (χ4n) is 2.15. The molecule has 0 heterocycles. The summed E-state index contributed by atoms with van der Waals surface area (Å²) >= 11 is 0. The molecule has 22 heavy (non-hydrogen) atoms. The summed E-state index contributed by atoms with van der Waals surface area (Å²) in [6, 6.07) is 12.0. The zero-order chi connectivity index (χ0) is 16.0. The van der Waals surface area contributed by atoms with Gasteiger partial charge < -0.3 is 15.4 Å². The van der Waals surface area contributed by atoms with E-state index in [0.717, 1.165) is 38.0 Å². The predicted molar refractivity (Wildman–Crippen MR) is 86.2 cm³/mol. The Morgan fingerprint density at radius 1 is 1.23 bits per heavy atom. The lowest BCUT2D eigenvalue weighted by atomic mass is 10.0. The van der Waals surface area contributed by atoms with E-state index in [-0.39, 0.29) is 12.0 Å². The van der Waals surface area contributed by atoms with Crippen LogP contribution in [0.5, 0.6) is 0 Å². The van der Waals surface area contributed by atoms with Gasteiger partial charge in [0, 0.05) is 12.5 Å². The normalized spacial score (nSPS) is 11.6. The van der Waals surface area contributed by atoms with Gasteiger partial charge in [0.2, 0.25) is 0 Å². The van der Waals surface area contributed by atoms with Gasteiger partial charge in [-0.2, -0.15) is 5.26 Å². The molecule has 0 aliphatic heterocycles. The van der Waals surface area contributed by atoms with Gasteiger partial charge in [-0.15, -0.1) is 0 Å². The van der Waals surface area contributed by atoms with Crippen LogP contribution in [0.1, 0.15) is 37.3 Å². The van der Waals surface area contributed by atoms with E-state index >= 15 is 0 Å². The molecule has 0 aliphatic rings. The lowest BCUT2D eigenvalue weighted by molar-refractivity contribution is -0.141. The third-order valence-electron chi connectivity index (χ3n) is 3.36. The minimum atomic E-state index is -0.212. The Morgan fingerprint density at radius 2 is 1.95 bits per heavy atom. The fourth-order valence-corrected chi connectivity index (χ4v) is 2.15. The molecule has 0 aromatic heterocycles. The van der Waals surface area contributed by atoms with Crippen LogP contribution in [0.3, 0.4) is 0 Å². The number of rotatable bonds is 11. The maximum Gasteiger partial charge on any atom is 0.307 e. The van der Waals surface area contributed by atoms with Crippen LogP contribution in [-0.2, 0) is 9.53 Å². The van der Waals surface area contributed by atoms with Crippen LogP contribution in [0.25, 0.3) is 0 Å². The SMILES string of the molecule is COC(=O)C[C@H](NCCCNCCCC#N)c1ccccc1. The van der Waals surface area contributed by atoms with Gasteiger partial charge in [-0.25, -0.2) is 0 Å². The molecule has 1 aromatic carbocycles. The van der Waals surface area contributed by atoms with E-state index in [9.17, 15) is 4.79 Å². The molecule has 1 atom stereocenters. The van der Waals surface area contributed by atoms with Gasteiger partial charge in [0.05, 0.1) is 19.6 Å². The summed E-state index contributed by atoms with van der Waals surface area (Å²) in [5.74, 6) is -0.212. The van der Waals surface area contributed by atoms with Gasteiger partial charge in [0.15, 0.2) is 0 Å². The average molecular weight is 303 g/mol. The van der Waals surface area contributed by atoms with Crippen molar-refractivity contribution in [2.45, 2.75) is 31.7 Å². The number of carbonyl (C=O) groups excluding carboxylic acids is 1. The van der Waals surface area contributed by atoms with Crippen molar-refractivity contribution in [3.05, 3.63) is 35.9 Å². The summed E-state index contributed by atoms with van der Waals surface area (Å²) in [5, 5.41) is 15.2. The van der Waals surface area contributed by atoms with Crippen molar-refractivity contribution in [1.82, 2.24) is 10.6 Å². The highest BCUT2D eigenvalue weighted by Crippen LogP contribution is 2.16. The van der Waals surface area contributed by atoms with Crippen molar-refractivity contribution in [2.24, 2.45) is 0 Å². The molecule has 0 aliphatic carbocycles. The van der Waals surface area contributed by atoms with Crippen LogP contribution in [0.2, 0.25) is 0 Å². The molecule has 1 aromatic rings. The number of hydrogen-bond donors (Lipinski definition) is 2. The highest BCUT2D eigenvalue weighted by Gasteiger charge is 2.15. The molecule has 0 saturated heterocycles. The third-order valence-corrected chi connectivity index (χ3v) is 3.36. The van der Waals surface area contributed by atoms with E-state index in [4.69, 9.17) is 10.00 Å². The van der Waals surface area contributed by atoms with Crippen LogP contribution >= 0.6 is 0 Å². The number of benzene rings is 1. The maximum atomic E-state index is 11.5. The van der Waals surface area contributed by atoms with Gasteiger partial charge in [0.25, 0.3) is 0 Å². The van der Waals surface area contributed by atoms with Gasteiger partial charge in [-0.3, -0.25) is 4.79 Å². The number of ether oxygens (including phenoxy) is 1. The van der Waals surface area contributed by atoms with Gasteiger partial charge in [0.1, 0.15) is 0 Å². The number of esters is 1. The Morgan fingerprint density at radius 3 is 2.64 bits per heavy atom. The summed E-state index contributed by atoms with van der Waals surface area (Å²) < 4.78 is 4.77. The molecule has 0 unspecified atom stereocenters. The number of hydrogen-bond acceptors (Lipinski definition) is 5. The van der Waals surface area contributed by atoms with Crippen molar-refractivity contribution in [3.63, 3.8) is 0 Å². The molecular formula is C17H25N3O2. The molecule has 0 bridgehead atoms. The Labute approximate surface area is 132 Å². The van der Waals surface area contributed by atoms with Crippen molar-refractivity contribution in [3.8, 4) is 6.07 Å². The van der Waals surface area contributed by atoms with E-state index in [0.29, 0.717) is 12.8 Å². The van der Waals surface area contributed by atoms with E-state index < -0.39 is 0 Å². The first-order valence-corrected chi connectivity index (χ1v) is 7.70. The second kappa shape index (κ2) is 11.7. The number of unbranched alkanes of at least 4 members (excludes halogenated alkanes) is 1. The van der Waals surface area contributed by atoms with Crippen molar-refractivity contribution in [2.75, 3.05) is 26.7 Å². The first kappa shape index (κ1) is 18.1. The summed E-state index contributed by atoms with van der Waals surface area (Å²) in [6.07, 6.45) is 2.78. The topological polar surface area (TPSA) is 74.2 Å². The average Bonchev–Trinajstić information content (AvgIpc) is 2.56. The molecule has 0 spiro atoms. The quantitative estimate of drug-likeness (QED) is 0.484. The highest BCUT2D eigenvalue weighted by atomic mass is 16.5. The maximum absolute atomic E-state index is 11.5. The van der Waals surface area contributed by atoms with Gasteiger partial charge >= 0.3 is 5.97 Å². The summed E-state index contributed by atoms with van der Waals surface area (Å²) in [6.45, 7) is 2.60. The molecular weight excluding hydrogens is 278 g/mol.